The fourth-order valence-corrected chi connectivity index (χ4v) is 6.69. The van der Waals surface area contributed by atoms with Gasteiger partial charge in [0.2, 0.25) is 0 Å². The van der Waals surface area contributed by atoms with E-state index in [-0.39, 0.29) is 17.2 Å². The van der Waals surface area contributed by atoms with E-state index >= 15 is 4.39 Å². The molecule has 1 aliphatic heterocycles. The van der Waals surface area contributed by atoms with E-state index in [1.165, 1.54) is 23.0 Å². The van der Waals surface area contributed by atoms with Gasteiger partial charge in [0.05, 0.1) is 16.0 Å². The second-order valence-corrected chi connectivity index (χ2v) is 10.8. The third-order valence-corrected chi connectivity index (χ3v) is 8.91. The molecule has 5 nitrogen and oxygen atoms in total. The van der Waals surface area contributed by atoms with E-state index in [1.54, 1.807) is 6.92 Å². The van der Waals surface area contributed by atoms with Gasteiger partial charge in [0.1, 0.15) is 23.2 Å². The Morgan fingerprint density at radius 1 is 1.33 bits per heavy atom. The van der Waals surface area contributed by atoms with E-state index in [4.69, 9.17) is 4.99 Å². The van der Waals surface area contributed by atoms with Crippen LogP contribution in [-0.4, -0.2) is 28.6 Å². The monoisotopic (exact) mass is 508 g/mol. The number of carbonyl (C=O) groups excluding carboxylic acids is 1. The number of carbonyl (C=O) groups is 1. The van der Waals surface area contributed by atoms with E-state index in [2.05, 4.69) is 30.2 Å². The molecule has 1 saturated carbocycles. The number of fused-ring (bicyclic) bond motifs is 2. The molecule has 4 rings (SSSR count). The lowest BCUT2D eigenvalue weighted by Gasteiger charge is -2.19. The molecule has 1 N–H and O–H groups in total. The number of hydrogen-bond acceptors (Lipinski definition) is 5. The number of hydrogen-bond donors (Lipinski definition) is 1. The lowest BCUT2D eigenvalue weighted by atomic mass is 9.93. The topological polar surface area (TPSA) is 57.6 Å². The van der Waals surface area contributed by atoms with Gasteiger partial charge in [-0.3, -0.25) is 4.79 Å². The summed E-state index contributed by atoms with van der Waals surface area (Å²) in [5.41, 5.74) is 2.85. The summed E-state index contributed by atoms with van der Waals surface area (Å²) in [7, 11) is 1.87. The van der Waals surface area contributed by atoms with E-state index in [1.807, 2.05) is 44.1 Å². The molecule has 1 atom stereocenters. The van der Waals surface area contributed by atoms with Crippen LogP contribution < -0.4 is 5.32 Å². The number of rotatable bonds is 10. The SMILES string of the molecule is C\C=C(F)/C(=N/C(=C/CC)Nc1ccc(C(CC)CCC)cn1)c1sc2c(c1C)C(=O)N(C)C21CC1. The summed E-state index contributed by atoms with van der Waals surface area (Å²) < 4.78 is 15.3. The van der Waals surface area contributed by atoms with Gasteiger partial charge in [0.15, 0.2) is 0 Å². The Hall–Kier alpha value is -2.80. The van der Waals surface area contributed by atoms with Crippen LogP contribution in [0.2, 0.25) is 0 Å². The molecule has 1 amide bonds. The van der Waals surface area contributed by atoms with Crippen molar-refractivity contribution in [1.29, 1.82) is 0 Å². The number of aliphatic imine (C=N–C) groups is 1. The second kappa shape index (κ2) is 10.7. The molecule has 1 spiro atoms. The number of aromatic nitrogens is 1. The normalized spacial score (nSPS) is 18.1. The summed E-state index contributed by atoms with van der Waals surface area (Å²) in [5, 5.41) is 3.29. The lowest BCUT2D eigenvalue weighted by molar-refractivity contribution is 0.0755. The average molecular weight is 509 g/mol. The van der Waals surface area contributed by atoms with Gasteiger partial charge in [-0.25, -0.2) is 14.4 Å². The first-order chi connectivity index (χ1) is 17.3. The molecular formula is C29H37FN4OS. The van der Waals surface area contributed by atoms with Crippen molar-refractivity contribution in [3.8, 4) is 0 Å². The second-order valence-electron chi connectivity index (χ2n) is 9.75. The smallest absolute Gasteiger partial charge is 0.255 e. The predicted octanol–water partition coefficient (Wildman–Crippen LogP) is 7.85. The Bertz CT molecular complexity index is 1220. The molecule has 0 saturated heterocycles. The molecule has 0 bridgehead atoms. The minimum absolute atomic E-state index is 0.0305. The Morgan fingerprint density at radius 2 is 2.08 bits per heavy atom. The maximum Gasteiger partial charge on any atom is 0.255 e. The summed E-state index contributed by atoms with van der Waals surface area (Å²) in [4.78, 5) is 26.0. The van der Waals surface area contributed by atoms with Crippen molar-refractivity contribution >= 4 is 28.8 Å². The van der Waals surface area contributed by atoms with Crippen molar-refractivity contribution in [1.82, 2.24) is 9.88 Å². The molecule has 1 fully saturated rings. The number of anilines is 1. The zero-order valence-corrected chi connectivity index (χ0v) is 23.1. The van der Waals surface area contributed by atoms with Crippen LogP contribution in [0.5, 0.6) is 0 Å². The fourth-order valence-electron chi connectivity index (χ4n) is 5.11. The van der Waals surface area contributed by atoms with Crippen LogP contribution in [0.3, 0.4) is 0 Å². The third-order valence-electron chi connectivity index (χ3n) is 7.42. The van der Waals surface area contributed by atoms with Gasteiger partial charge in [-0.15, -0.1) is 11.3 Å². The first-order valence-electron chi connectivity index (χ1n) is 13.1. The molecule has 7 heteroatoms. The first kappa shape index (κ1) is 26.3. The molecule has 2 aliphatic rings. The van der Waals surface area contributed by atoms with Crippen LogP contribution in [0.15, 0.2) is 47.1 Å². The van der Waals surface area contributed by atoms with Crippen molar-refractivity contribution in [3.05, 3.63) is 68.6 Å². The van der Waals surface area contributed by atoms with Crippen molar-refractivity contribution in [2.24, 2.45) is 4.99 Å². The van der Waals surface area contributed by atoms with Crippen LogP contribution in [0.4, 0.5) is 10.2 Å². The minimum Gasteiger partial charge on any atom is -0.331 e. The van der Waals surface area contributed by atoms with E-state index in [0.717, 1.165) is 59.4 Å². The molecule has 1 aliphatic carbocycles. The third kappa shape index (κ3) is 4.65. The highest BCUT2D eigenvalue weighted by atomic mass is 32.1. The van der Waals surface area contributed by atoms with Crippen LogP contribution >= 0.6 is 11.3 Å². The maximum atomic E-state index is 15.3. The van der Waals surface area contributed by atoms with Crippen LogP contribution in [0.1, 0.15) is 103 Å². The number of thiophene rings is 1. The largest absolute Gasteiger partial charge is 0.331 e. The minimum atomic E-state index is -0.402. The summed E-state index contributed by atoms with van der Waals surface area (Å²) in [6.07, 6.45) is 11.3. The summed E-state index contributed by atoms with van der Waals surface area (Å²) >= 11 is 1.51. The number of amides is 1. The molecule has 1 unspecified atom stereocenters. The van der Waals surface area contributed by atoms with Crippen LogP contribution in [-0.2, 0) is 5.54 Å². The van der Waals surface area contributed by atoms with E-state index in [9.17, 15) is 4.79 Å². The summed E-state index contributed by atoms with van der Waals surface area (Å²) in [5.74, 6) is 1.36. The van der Waals surface area contributed by atoms with Crippen molar-refractivity contribution in [2.45, 2.75) is 84.6 Å². The van der Waals surface area contributed by atoms with Gasteiger partial charge >= 0.3 is 0 Å². The lowest BCUT2D eigenvalue weighted by Crippen LogP contribution is -2.29. The zero-order chi connectivity index (χ0) is 26.0. The van der Waals surface area contributed by atoms with Crippen LogP contribution in [0.25, 0.3) is 0 Å². The Kier molecular flexibility index (Phi) is 7.79. The molecule has 192 valence electrons. The van der Waals surface area contributed by atoms with Gasteiger partial charge in [-0.2, -0.15) is 0 Å². The zero-order valence-electron chi connectivity index (χ0n) is 22.2. The highest BCUT2D eigenvalue weighted by Crippen LogP contribution is 2.59. The van der Waals surface area contributed by atoms with Crippen molar-refractivity contribution in [3.63, 3.8) is 0 Å². The quantitative estimate of drug-likeness (QED) is 0.333. The molecule has 3 heterocycles. The Morgan fingerprint density at radius 3 is 2.64 bits per heavy atom. The molecule has 36 heavy (non-hydrogen) atoms. The number of halogens is 1. The van der Waals surface area contributed by atoms with Crippen molar-refractivity contribution in [2.75, 3.05) is 12.4 Å². The molecule has 0 aromatic carbocycles. The van der Waals surface area contributed by atoms with E-state index in [0.29, 0.717) is 17.6 Å². The van der Waals surface area contributed by atoms with Gasteiger partial charge in [-0.1, -0.05) is 33.3 Å². The van der Waals surface area contributed by atoms with Gasteiger partial charge in [-0.05, 0) is 81.2 Å². The predicted molar refractivity (Wildman–Crippen MR) is 148 cm³/mol. The first-order valence-corrected chi connectivity index (χ1v) is 13.9. The van der Waals surface area contributed by atoms with Crippen LogP contribution in [0, 0.1) is 6.92 Å². The maximum absolute atomic E-state index is 15.3. The number of allylic oxidation sites excluding steroid dienone is 3. The van der Waals surface area contributed by atoms with Gasteiger partial charge in [0, 0.05) is 18.1 Å². The van der Waals surface area contributed by atoms with E-state index < -0.39 is 5.83 Å². The number of nitrogens with one attached hydrogen (secondary N) is 1. The van der Waals surface area contributed by atoms with Crippen molar-refractivity contribution < 1.29 is 9.18 Å². The Balaban J connectivity index is 1.68. The fraction of sp³-hybridized carbons (Fsp3) is 0.483. The summed E-state index contributed by atoms with van der Waals surface area (Å²) in [6.45, 7) is 10.0. The molecule has 2 aromatic rings. The highest BCUT2D eigenvalue weighted by Gasteiger charge is 2.58. The molecular weight excluding hydrogens is 471 g/mol. The summed E-state index contributed by atoms with van der Waals surface area (Å²) in [6, 6.07) is 4.08. The highest BCUT2D eigenvalue weighted by molar-refractivity contribution is 7.15. The Labute approximate surface area is 218 Å². The average Bonchev–Trinajstić information content (AvgIpc) is 3.58. The number of pyridine rings is 1. The standard InChI is InChI=1S/C29H37FN4OS/c1-7-11-19(9-3)20-13-14-22(31-17-20)32-23(12-8-2)33-25(21(30)10-4)26-18(5)24-27(36-26)29(15-16-29)34(6)28(24)35/h10,12-14,17,19H,7-9,11,15-16H2,1-6H3,(H,31,32)/b21-10+,23-12+,33-25-. The molecule has 2 aromatic heterocycles. The van der Waals surface area contributed by atoms with Gasteiger partial charge < -0.3 is 10.2 Å². The van der Waals surface area contributed by atoms with Gasteiger partial charge in [0.25, 0.3) is 5.91 Å². The molecule has 0 radical (unpaired) electrons. The number of nitrogens with zero attached hydrogens (tertiary/aromatic N) is 3.